The third-order valence-corrected chi connectivity index (χ3v) is 3.52. The van der Waals surface area contributed by atoms with Gasteiger partial charge in [0.05, 0.1) is 0 Å². The summed E-state index contributed by atoms with van der Waals surface area (Å²) in [4.78, 5) is 0. The summed E-state index contributed by atoms with van der Waals surface area (Å²) in [7, 11) is 0. The first-order valence-corrected chi connectivity index (χ1v) is 6.30. The largest absolute Gasteiger partial charge is 0.313 e. The second-order valence-corrected chi connectivity index (χ2v) is 5.86. The Morgan fingerprint density at radius 3 is 2.50 bits per heavy atom. The van der Waals surface area contributed by atoms with Gasteiger partial charge in [-0.3, -0.25) is 0 Å². The first-order chi connectivity index (χ1) is 7.49. The van der Waals surface area contributed by atoms with Crippen LogP contribution in [-0.4, -0.2) is 12.6 Å². The molecule has 16 heavy (non-hydrogen) atoms. The normalized spacial score (nSPS) is 16.5. The molecule has 0 unspecified atom stereocenters. The van der Waals surface area contributed by atoms with Crippen LogP contribution >= 0.6 is 0 Å². The van der Waals surface area contributed by atoms with Crippen molar-refractivity contribution in [1.29, 1.82) is 0 Å². The monoisotopic (exact) mass is 217 g/mol. The predicted octanol–water partition coefficient (Wildman–Crippen LogP) is 3.33. The molecule has 0 heterocycles. The van der Waals surface area contributed by atoms with E-state index in [0.717, 1.165) is 12.6 Å². The lowest BCUT2D eigenvalue weighted by molar-refractivity contribution is 0.465. The average Bonchev–Trinajstić information content (AvgIpc) is 2.97. The summed E-state index contributed by atoms with van der Waals surface area (Å²) in [6, 6.07) is 7.60. The summed E-state index contributed by atoms with van der Waals surface area (Å²) in [6.07, 6.45) is 2.73. The zero-order valence-corrected chi connectivity index (χ0v) is 10.9. The molecule has 1 aliphatic rings. The summed E-state index contributed by atoms with van der Waals surface area (Å²) >= 11 is 0. The zero-order chi connectivity index (χ0) is 11.8. The van der Waals surface area contributed by atoms with Crippen LogP contribution in [0.15, 0.2) is 18.2 Å². The Hall–Kier alpha value is -0.820. The van der Waals surface area contributed by atoms with E-state index in [2.05, 4.69) is 51.2 Å². The molecule has 0 bridgehead atoms. The highest BCUT2D eigenvalue weighted by Gasteiger charge is 2.27. The lowest BCUT2D eigenvalue weighted by atomic mass is 9.81. The number of hydrogen-bond donors (Lipinski definition) is 1. The molecule has 0 aliphatic heterocycles. The molecule has 0 atom stereocenters. The van der Waals surface area contributed by atoms with Gasteiger partial charge < -0.3 is 5.32 Å². The minimum atomic E-state index is 0.236. The molecule has 1 nitrogen and oxygen atoms in total. The molecule has 1 aromatic rings. The fraction of sp³-hybridized carbons (Fsp3) is 0.600. The standard InChI is InChI=1S/C15H23N/c1-11-5-8-14(12(2)9-11)15(3,4)10-16-13-6-7-13/h5,8-9,13,16H,6-7,10H2,1-4H3. The van der Waals surface area contributed by atoms with E-state index in [-0.39, 0.29) is 5.41 Å². The number of aryl methyl sites for hydroxylation is 2. The van der Waals surface area contributed by atoms with Gasteiger partial charge in [0.15, 0.2) is 0 Å². The van der Waals surface area contributed by atoms with Gasteiger partial charge in [0.25, 0.3) is 0 Å². The molecule has 1 fully saturated rings. The number of hydrogen-bond acceptors (Lipinski definition) is 1. The Labute approximate surface area is 99.3 Å². The molecule has 2 rings (SSSR count). The second kappa shape index (κ2) is 4.21. The van der Waals surface area contributed by atoms with Crippen molar-refractivity contribution in [2.45, 2.75) is 52.0 Å². The molecule has 1 N–H and O–H groups in total. The lowest BCUT2D eigenvalue weighted by Gasteiger charge is -2.28. The molecule has 0 spiro atoms. The number of rotatable bonds is 4. The Morgan fingerprint density at radius 1 is 1.25 bits per heavy atom. The smallest absolute Gasteiger partial charge is 0.00685 e. The first-order valence-electron chi connectivity index (χ1n) is 6.30. The molecular formula is C15H23N. The van der Waals surface area contributed by atoms with Gasteiger partial charge >= 0.3 is 0 Å². The van der Waals surface area contributed by atoms with Gasteiger partial charge in [-0.05, 0) is 37.8 Å². The SMILES string of the molecule is Cc1ccc(C(C)(C)CNC2CC2)c(C)c1. The van der Waals surface area contributed by atoms with Crippen LogP contribution in [0, 0.1) is 13.8 Å². The van der Waals surface area contributed by atoms with Crippen LogP contribution in [-0.2, 0) is 5.41 Å². The van der Waals surface area contributed by atoms with E-state index < -0.39 is 0 Å². The Balaban J connectivity index is 2.12. The van der Waals surface area contributed by atoms with E-state index in [0.29, 0.717) is 0 Å². The van der Waals surface area contributed by atoms with Crippen LogP contribution < -0.4 is 5.32 Å². The van der Waals surface area contributed by atoms with Gasteiger partial charge in [-0.15, -0.1) is 0 Å². The van der Waals surface area contributed by atoms with Crippen molar-refractivity contribution in [1.82, 2.24) is 5.32 Å². The Morgan fingerprint density at radius 2 is 1.94 bits per heavy atom. The van der Waals surface area contributed by atoms with E-state index in [1.165, 1.54) is 29.5 Å². The molecular weight excluding hydrogens is 194 g/mol. The predicted molar refractivity (Wildman–Crippen MR) is 70.0 cm³/mol. The van der Waals surface area contributed by atoms with Gasteiger partial charge in [0.2, 0.25) is 0 Å². The summed E-state index contributed by atoms with van der Waals surface area (Å²) in [5, 5.41) is 3.64. The molecule has 0 aromatic heterocycles. The van der Waals surface area contributed by atoms with E-state index >= 15 is 0 Å². The highest BCUT2D eigenvalue weighted by atomic mass is 15.0. The van der Waals surface area contributed by atoms with Crippen molar-refractivity contribution < 1.29 is 0 Å². The topological polar surface area (TPSA) is 12.0 Å². The minimum absolute atomic E-state index is 0.236. The second-order valence-electron chi connectivity index (χ2n) is 5.86. The number of nitrogens with one attached hydrogen (secondary N) is 1. The van der Waals surface area contributed by atoms with E-state index in [1.807, 2.05) is 0 Å². The fourth-order valence-corrected chi connectivity index (χ4v) is 2.36. The average molecular weight is 217 g/mol. The minimum Gasteiger partial charge on any atom is -0.313 e. The highest BCUT2D eigenvalue weighted by Crippen LogP contribution is 2.28. The molecule has 0 amide bonds. The molecule has 88 valence electrons. The first kappa shape index (κ1) is 11.7. The van der Waals surface area contributed by atoms with Gasteiger partial charge in [-0.1, -0.05) is 37.6 Å². The molecule has 1 aromatic carbocycles. The third-order valence-electron chi connectivity index (χ3n) is 3.52. The Kier molecular flexibility index (Phi) is 3.07. The maximum absolute atomic E-state index is 3.64. The lowest BCUT2D eigenvalue weighted by Crippen LogP contribution is -2.34. The fourth-order valence-electron chi connectivity index (χ4n) is 2.36. The van der Waals surface area contributed by atoms with E-state index in [4.69, 9.17) is 0 Å². The van der Waals surface area contributed by atoms with Crippen LogP contribution in [0.1, 0.15) is 43.4 Å². The van der Waals surface area contributed by atoms with E-state index in [1.54, 1.807) is 0 Å². The van der Waals surface area contributed by atoms with Gasteiger partial charge in [-0.2, -0.15) is 0 Å². The maximum atomic E-state index is 3.64. The molecule has 1 heteroatoms. The summed E-state index contributed by atoms with van der Waals surface area (Å²) < 4.78 is 0. The quantitative estimate of drug-likeness (QED) is 0.815. The van der Waals surface area contributed by atoms with Crippen LogP contribution in [0.5, 0.6) is 0 Å². The van der Waals surface area contributed by atoms with Crippen molar-refractivity contribution in [3.8, 4) is 0 Å². The summed E-state index contributed by atoms with van der Waals surface area (Å²) in [5.74, 6) is 0. The Bertz CT molecular complexity index is 375. The highest BCUT2D eigenvalue weighted by molar-refractivity contribution is 5.35. The summed E-state index contributed by atoms with van der Waals surface area (Å²) in [6.45, 7) is 10.1. The van der Waals surface area contributed by atoms with E-state index in [9.17, 15) is 0 Å². The molecule has 1 saturated carbocycles. The zero-order valence-electron chi connectivity index (χ0n) is 10.9. The molecule has 0 saturated heterocycles. The van der Waals surface area contributed by atoms with Crippen molar-refractivity contribution in [2.75, 3.05) is 6.54 Å². The van der Waals surface area contributed by atoms with Crippen LogP contribution in [0.4, 0.5) is 0 Å². The molecule has 0 radical (unpaired) electrons. The van der Waals surface area contributed by atoms with Crippen molar-refractivity contribution in [3.05, 3.63) is 34.9 Å². The van der Waals surface area contributed by atoms with Crippen LogP contribution in [0.2, 0.25) is 0 Å². The number of benzene rings is 1. The van der Waals surface area contributed by atoms with Gasteiger partial charge in [-0.25, -0.2) is 0 Å². The maximum Gasteiger partial charge on any atom is 0.00685 e. The summed E-state index contributed by atoms with van der Waals surface area (Å²) in [5.41, 5.74) is 4.49. The van der Waals surface area contributed by atoms with Crippen molar-refractivity contribution >= 4 is 0 Å². The van der Waals surface area contributed by atoms with Gasteiger partial charge in [0.1, 0.15) is 0 Å². The van der Waals surface area contributed by atoms with Crippen molar-refractivity contribution in [2.24, 2.45) is 0 Å². The van der Waals surface area contributed by atoms with Gasteiger partial charge in [0, 0.05) is 18.0 Å². The van der Waals surface area contributed by atoms with Crippen LogP contribution in [0.25, 0.3) is 0 Å². The van der Waals surface area contributed by atoms with Crippen molar-refractivity contribution in [3.63, 3.8) is 0 Å². The third kappa shape index (κ3) is 2.65. The molecule has 1 aliphatic carbocycles. The van der Waals surface area contributed by atoms with Crippen LogP contribution in [0.3, 0.4) is 0 Å².